The Morgan fingerprint density at radius 1 is 1.20 bits per heavy atom. The molecule has 5 heteroatoms. The van der Waals surface area contributed by atoms with Crippen LogP contribution in [0.4, 0.5) is 13.2 Å². The Morgan fingerprint density at radius 2 is 2.00 bits per heavy atom. The molecule has 0 atom stereocenters. The van der Waals surface area contributed by atoms with Gasteiger partial charge in [0.2, 0.25) is 0 Å². The molecule has 1 N–H and O–H groups in total. The van der Waals surface area contributed by atoms with Gasteiger partial charge in [0, 0.05) is 36.2 Å². The minimum Gasteiger partial charge on any atom is -0.347 e. The molecule has 1 fully saturated rings. The van der Waals surface area contributed by atoms with E-state index in [-0.39, 0.29) is 6.54 Å². The quantitative estimate of drug-likeness (QED) is 0.881. The van der Waals surface area contributed by atoms with E-state index in [0.29, 0.717) is 6.04 Å². The van der Waals surface area contributed by atoms with E-state index < -0.39 is 12.6 Å². The Morgan fingerprint density at radius 3 is 2.70 bits per heavy atom. The molecule has 1 heterocycles. The van der Waals surface area contributed by atoms with E-state index in [0.717, 1.165) is 23.0 Å². The molecule has 0 bridgehead atoms. The number of alkyl halides is 3. The van der Waals surface area contributed by atoms with Gasteiger partial charge in [-0.3, -0.25) is 0 Å². The number of hydrogen-bond donors (Lipinski definition) is 1. The lowest BCUT2D eigenvalue weighted by Gasteiger charge is -2.09. The summed E-state index contributed by atoms with van der Waals surface area (Å²) in [5.41, 5.74) is 2.03. The van der Waals surface area contributed by atoms with Crippen LogP contribution in [0, 0.1) is 0 Å². The number of nitrogens with one attached hydrogen (secondary N) is 1. The molecule has 3 rings (SSSR count). The van der Waals surface area contributed by atoms with E-state index in [1.165, 1.54) is 12.8 Å². The van der Waals surface area contributed by atoms with Crippen LogP contribution in [-0.2, 0) is 13.1 Å². The molecule has 1 aromatic carbocycles. The molecule has 2 nitrogen and oxygen atoms in total. The van der Waals surface area contributed by atoms with Crippen molar-refractivity contribution in [3.63, 3.8) is 0 Å². The lowest BCUT2D eigenvalue weighted by atomic mass is 10.1. The van der Waals surface area contributed by atoms with Gasteiger partial charge in [0.1, 0.15) is 0 Å². The second-order valence-corrected chi connectivity index (χ2v) is 5.38. The second-order valence-electron chi connectivity index (χ2n) is 5.38. The van der Waals surface area contributed by atoms with Gasteiger partial charge in [-0.15, -0.1) is 0 Å². The maximum absolute atomic E-state index is 12.3. The van der Waals surface area contributed by atoms with Crippen molar-refractivity contribution in [1.29, 1.82) is 0 Å². The number of hydrogen-bond acceptors (Lipinski definition) is 1. The molecule has 0 spiro atoms. The lowest BCUT2D eigenvalue weighted by molar-refractivity contribution is -0.136. The van der Waals surface area contributed by atoms with Crippen LogP contribution in [0.3, 0.4) is 0 Å². The standard InChI is InChI=1S/C15H17F3N2/c16-15(17,18)7-9-20-8-6-13-11(2-1-3-14(13)20)10-19-12-4-5-12/h1-3,6,8,12,19H,4-5,7,9-10H2. The molecular weight excluding hydrogens is 265 g/mol. The van der Waals surface area contributed by atoms with Gasteiger partial charge >= 0.3 is 6.18 Å². The monoisotopic (exact) mass is 282 g/mol. The summed E-state index contributed by atoms with van der Waals surface area (Å²) in [5.74, 6) is 0. The zero-order valence-corrected chi connectivity index (χ0v) is 11.1. The predicted octanol–water partition coefficient (Wildman–Crippen LogP) is 3.85. The SMILES string of the molecule is FC(F)(F)CCn1ccc2c(CNC3CC3)cccc21. The first kappa shape index (κ1) is 13.5. The van der Waals surface area contributed by atoms with Crippen LogP contribution in [-0.4, -0.2) is 16.8 Å². The van der Waals surface area contributed by atoms with Crippen molar-refractivity contribution in [1.82, 2.24) is 9.88 Å². The van der Waals surface area contributed by atoms with Crippen molar-refractivity contribution >= 4 is 10.9 Å². The van der Waals surface area contributed by atoms with E-state index in [9.17, 15) is 13.2 Å². The van der Waals surface area contributed by atoms with Crippen molar-refractivity contribution in [2.45, 2.75) is 44.6 Å². The topological polar surface area (TPSA) is 17.0 Å². The third-order valence-corrected chi connectivity index (χ3v) is 3.70. The number of benzene rings is 1. The summed E-state index contributed by atoms with van der Waals surface area (Å²) >= 11 is 0. The van der Waals surface area contributed by atoms with Crippen LogP contribution < -0.4 is 5.32 Å². The van der Waals surface area contributed by atoms with Crippen LogP contribution in [0.5, 0.6) is 0 Å². The average Bonchev–Trinajstić information content (AvgIpc) is 3.12. The van der Waals surface area contributed by atoms with E-state index in [1.807, 2.05) is 24.3 Å². The molecule has 1 aliphatic rings. The zero-order chi connectivity index (χ0) is 14.2. The van der Waals surface area contributed by atoms with Crippen LogP contribution in [0.25, 0.3) is 10.9 Å². The second kappa shape index (κ2) is 5.13. The summed E-state index contributed by atoms with van der Waals surface area (Å²) < 4.78 is 38.6. The van der Waals surface area contributed by atoms with E-state index in [1.54, 1.807) is 10.8 Å². The lowest BCUT2D eigenvalue weighted by Crippen LogP contribution is -2.15. The van der Waals surface area contributed by atoms with Gasteiger partial charge in [0.05, 0.1) is 6.42 Å². The molecule has 108 valence electrons. The van der Waals surface area contributed by atoms with Gasteiger partial charge in [-0.2, -0.15) is 13.2 Å². The largest absolute Gasteiger partial charge is 0.390 e. The molecule has 20 heavy (non-hydrogen) atoms. The van der Waals surface area contributed by atoms with Gasteiger partial charge in [-0.25, -0.2) is 0 Å². The fraction of sp³-hybridized carbons (Fsp3) is 0.467. The fourth-order valence-electron chi connectivity index (χ4n) is 2.43. The summed E-state index contributed by atoms with van der Waals surface area (Å²) in [4.78, 5) is 0. The van der Waals surface area contributed by atoms with Crippen LogP contribution in [0.1, 0.15) is 24.8 Å². The van der Waals surface area contributed by atoms with Gasteiger partial charge in [0.25, 0.3) is 0 Å². The highest BCUT2D eigenvalue weighted by molar-refractivity contribution is 5.83. The number of aryl methyl sites for hydroxylation is 1. The zero-order valence-electron chi connectivity index (χ0n) is 11.1. The molecule has 1 aromatic heterocycles. The molecular formula is C15H17F3N2. The molecule has 0 radical (unpaired) electrons. The fourth-order valence-corrected chi connectivity index (χ4v) is 2.43. The Bertz CT molecular complexity index is 597. The minimum absolute atomic E-state index is 0.0213. The summed E-state index contributed by atoms with van der Waals surface area (Å²) in [7, 11) is 0. The molecule has 0 unspecified atom stereocenters. The number of halogens is 3. The minimum atomic E-state index is -4.11. The van der Waals surface area contributed by atoms with Gasteiger partial charge < -0.3 is 9.88 Å². The van der Waals surface area contributed by atoms with Crippen molar-refractivity contribution in [3.05, 3.63) is 36.0 Å². The normalized spacial score (nSPS) is 15.9. The third-order valence-electron chi connectivity index (χ3n) is 3.70. The van der Waals surface area contributed by atoms with Crippen LogP contribution in [0.2, 0.25) is 0 Å². The third kappa shape index (κ3) is 3.15. The van der Waals surface area contributed by atoms with Crippen molar-refractivity contribution in [3.8, 4) is 0 Å². The number of aromatic nitrogens is 1. The predicted molar refractivity (Wildman–Crippen MR) is 72.5 cm³/mol. The first-order valence-electron chi connectivity index (χ1n) is 6.90. The number of fused-ring (bicyclic) bond motifs is 1. The molecule has 0 amide bonds. The smallest absolute Gasteiger partial charge is 0.347 e. The Balaban J connectivity index is 1.78. The summed E-state index contributed by atoms with van der Waals surface area (Å²) in [6.45, 7) is 0.762. The van der Waals surface area contributed by atoms with Gasteiger partial charge in [-0.1, -0.05) is 12.1 Å². The summed E-state index contributed by atoms with van der Waals surface area (Å²) in [6.07, 6.45) is -0.703. The summed E-state index contributed by atoms with van der Waals surface area (Å²) in [6, 6.07) is 8.36. The highest BCUT2D eigenvalue weighted by atomic mass is 19.4. The van der Waals surface area contributed by atoms with Crippen molar-refractivity contribution in [2.75, 3.05) is 0 Å². The molecule has 0 aliphatic heterocycles. The maximum Gasteiger partial charge on any atom is 0.390 e. The Hall–Kier alpha value is -1.49. The molecule has 2 aromatic rings. The Labute approximate surface area is 115 Å². The summed E-state index contributed by atoms with van der Waals surface area (Å²) in [5, 5.41) is 4.49. The highest BCUT2D eigenvalue weighted by Gasteiger charge is 2.26. The van der Waals surface area contributed by atoms with Gasteiger partial charge in [-0.05, 0) is 30.5 Å². The van der Waals surface area contributed by atoms with Crippen molar-refractivity contribution in [2.24, 2.45) is 0 Å². The van der Waals surface area contributed by atoms with E-state index in [2.05, 4.69) is 5.32 Å². The average molecular weight is 282 g/mol. The number of nitrogens with zero attached hydrogens (tertiary/aromatic N) is 1. The molecule has 0 saturated heterocycles. The van der Waals surface area contributed by atoms with Crippen LogP contribution in [0.15, 0.2) is 30.5 Å². The number of rotatable bonds is 5. The van der Waals surface area contributed by atoms with Crippen molar-refractivity contribution < 1.29 is 13.2 Å². The highest BCUT2D eigenvalue weighted by Crippen LogP contribution is 2.25. The van der Waals surface area contributed by atoms with Crippen LogP contribution >= 0.6 is 0 Å². The first-order chi connectivity index (χ1) is 9.53. The first-order valence-corrected chi connectivity index (χ1v) is 6.90. The van der Waals surface area contributed by atoms with E-state index >= 15 is 0 Å². The van der Waals surface area contributed by atoms with E-state index in [4.69, 9.17) is 0 Å². The Kier molecular flexibility index (Phi) is 3.46. The maximum atomic E-state index is 12.3. The molecule has 1 saturated carbocycles. The molecule has 1 aliphatic carbocycles. The van der Waals surface area contributed by atoms with Gasteiger partial charge in [0.15, 0.2) is 0 Å².